The molecule has 7 nitrogen and oxygen atoms in total. The number of halogens is 3. The summed E-state index contributed by atoms with van der Waals surface area (Å²) in [5.41, 5.74) is 0.957. The summed E-state index contributed by atoms with van der Waals surface area (Å²) in [5.74, 6) is -1.83. The largest absolute Gasteiger partial charge is 0.391 e. The van der Waals surface area contributed by atoms with E-state index in [-0.39, 0.29) is 48.4 Å². The number of hydrogen-bond donors (Lipinski definition) is 2. The van der Waals surface area contributed by atoms with Crippen LogP contribution in [0.1, 0.15) is 55.8 Å². The van der Waals surface area contributed by atoms with E-state index in [9.17, 15) is 28.1 Å². The van der Waals surface area contributed by atoms with Crippen LogP contribution in [0.5, 0.6) is 0 Å². The molecule has 1 aromatic carbocycles. The van der Waals surface area contributed by atoms with Crippen molar-refractivity contribution in [2.24, 2.45) is 11.3 Å². The maximum atomic E-state index is 13.1. The predicted octanol–water partition coefficient (Wildman–Crippen LogP) is 4.72. The van der Waals surface area contributed by atoms with E-state index < -0.39 is 22.9 Å². The molecule has 0 saturated heterocycles. The van der Waals surface area contributed by atoms with Crippen molar-refractivity contribution in [1.82, 2.24) is 5.32 Å². The molecule has 0 aromatic heterocycles. The van der Waals surface area contributed by atoms with Crippen LogP contribution in [0.15, 0.2) is 12.1 Å². The Hall–Kier alpha value is -2.52. The zero-order chi connectivity index (χ0) is 23.0. The van der Waals surface area contributed by atoms with Gasteiger partial charge < -0.3 is 15.5 Å². The second kappa shape index (κ2) is 8.55. The van der Waals surface area contributed by atoms with Gasteiger partial charge in [-0.05, 0) is 50.0 Å². The number of nitro benzene ring substituents is 1. The van der Waals surface area contributed by atoms with Crippen molar-refractivity contribution in [3.8, 4) is 0 Å². The van der Waals surface area contributed by atoms with Gasteiger partial charge in [-0.1, -0.05) is 6.92 Å². The number of benzene rings is 1. The molecule has 3 rings (SSSR count). The van der Waals surface area contributed by atoms with E-state index >= 15 is 0 Å². The van der Waals surface area contributed by atoms with Crippen LogP contribution in [0.3, 0.4) is 0 Å². The van der Waals surface area contributed by atoms with Gasteiger partial charge in [0.2, 0.25) is 0 Å². The fraction of sp³-hybridized carbons (Fsp3) is 0.667. The number of carbonyl (C=O) groups excluding carboxylic acids is 1. The Kier molecular flexibility index (Phi) is 6.38. The lowest BCUT2D eigenvalue weighted by atomic mass is 9.85. The number of amides is 1. The zero-order valence-electron chi connectivity index (χ0n) is 18.0. The van der Waals surface area contributed by atoms with Crippen molar-refractivity contribution in [3.63, 3.8) is 0 Å². The average Bonchev–Trinajstić information content (AvgIpc) is 3.42. The molecule has 0 radical (unpaired) electrons. The molecule has 2 fully saturated rings. The number of carbonyl (C=O) groups is 1. The minimum absolute atomic E-state index is 0.0294. The predicted molar refractivity (Wildman–Crippen MR) is 113 cm³/mol. The van der Waals surface area contributed by atoms with Gasteiger partial charge in [-0.25, -0.2) is 0 Å². The molecule has 2 saturated carbocycles. The summed E-state index contributed by atoms with van der Waals surface area (Å²) in [7, 11) is 3.42. The van der Waals surface area contributed by atoms with Crippen LogP contribution in [0.4, 0.5) is 30.2 Å². The SMILES string of the molecule is CNc1cc(N(C)CC2(C)CC2)c(C(=O)NC2CCC(C(F)(F)F)CC2)cc1[N+](=O)[O-]. The molecule has 10 heteroatoms. The third-order valence-corrected chi connectivity index (χ3v) is 6.48. The summed E-state index contributed by atoms with van der Waals surface area (Å²) >= 11 is 0. The van der Waals surface area contributed by atoms with Crippen LogP contribution in [0.2, 0.25) is 0 Å². The van der Waals surface area contributed by atoms with Crippen LogP contribution >= 0.6 is 0 Å². The normalized spacial score (nSPS) is 22.5. The molecule has 1 aromatic rings. The van der Waals surface area contributed by atoms with Crippen molar-refractivity contribution in [2.75, 3.05) is 30.9 Å². The lowest BCUT2D eigenvalue weighted by Gasteiger charge is -2.31. The second-order valence-electron chi connectivity index (χ2n) is 9.12. The summed E-state index contributed by atoms with van der Waals surface area (Å²) in [5, 5.41) is 17.1. The van der Waals surface area contributed by atoms with Gasteiger partial charge in [0.05, 0.1) is 22.1 Å². The van der Waals surface area contributed by atoms with Crippen LogP contribution in [0.25, 0.3) is 0 Å². The maximum absolute atomic E-state index is 13.1. The van der Waals surface area contributed by atoms with Gasteiger partial charge in [-0.15, -0.1) is 0 Å². The Balaban J connectivity index is 1.83. The van der Waals surface area contributed by atoms with E-state index in [1.165, 1.54) is 6.07 Å². The lowest BCUT2D eigenvalue weighted by molar-refractivity contribution is -0.383. The highest BCUT2D eigenvalue weighted by Gasteiger charge is 2.42. The van der Waals surface area contributed by atoms with Crippen LogP contribution in [-0.4, -0.2) is 43.7 Å². The molecule has 1 amide bonds. The molecule has 2 aliphatic rings. The summed E-state index contributed by atoms with van der Waals surface area (Å²) < 4.78 is 38.7. The Morgan fingerprint density at radius 1 is 1.26 bits per heavy atom. The van der Waals surface area contributed by atoms with E-state index in [1.54, 1.807) is 13.1 Å². The molecule has 0 spiro atoms. The Morgan fingerprint density at radius 3 is 2.35 bits per heavy atom. The van der Waals surface area contributed by atoms with Crippen molar-refractivity contribution >= 4 is 23.0 Å². The van der Waals surface area contributed by atoms with Gasteiger partial charge in [0.1, 0.15) is 5.69 Å². The Morgan fingerprint density at radius 2 is 1.87 bits per heavy atom. The van der Waals surface area contributed by atoms with Crippen molar-refractivity contribution < 1.29 is 22.9 Å². The first-order valence-electron chi connectivity index (χ1n) is 10.5. The number of anilines is 2. The van der Waals surface area contributed by atoms with Crippen LogP contribution in [0, 0.1) is 21.4 Å². The topological polar surface area (TPSA) is 87.5 Å². The fourth-order valence-electron chi connectivity index (χ4n) is 4.28. The molecular formula is C21H29F3N4O3. The number of rotatable bonds is 7. The maximum Gasteiger partial charge on any atom is 0.391 e. The van der Waals surface area contributed by atoms with E-state index in [0.29, 0.717) is 17.9 Å². The van der Waals surface area contributed by atoms with Gasteiger partial charge >= 0.3 is 6.18 Å². The van der Waals surface area contributed by atoms with Gasteiger partial charge in [0.25, 0.3) is 11.6 Å². The summed E-state index contributed by atoms with van der Waals surface area (Å²) in [6.07, 6.45) is -1.66. The second-order valence-corrected chi connectivity index (χ2v) is 9.12. The Labute approximate surface area is 179 Å². The monoisotopic (exact) mass is 442 g/mol. The smallest absolute Gasteiger partial charge is 0.383 e. The van der Waals surface area contributed by atoms with Gasteiger partial charge in [0, 0.05) is 32.7 Å². The van der Waals surface area contributed by atoms with Crippen molar-refractivity contribution in [3.05, 3.63) is 27.8 Å². The van der Waals surface area contributed by atoms with Gasteiger partial charge in [0.15, 0.2) is 0 Å². The van der Waals surface area contributed by atoms with E-state index in [0.717, 1.165) is 12.8 Å². The molecule has 172 valence electrons. The molecule has 2 N–H and O–H groups in total. The molecular weight excluding hydrogens is 413 g/mol. The van der Waals surface area contributed by atoms with Crippen LogP contribution < -0.4 is 15.5 Å². The van der Waals surface area contributed by atoms with Gasteiger partial charge in [-0.2, -0.15) is 13.2 Å². The molecule has 31 heavy (non-hydrogen) atoms. The lowest BCUT2D eigenvalue weighted by Crippen LogP contribution is -2.40. The first-order chi connectivity index (χ1) is 14.4. The number of hydrogen-bond acceptors (Lipinski definition) is 5. The summed E-state index contributed by atoms with van der Waals surface area (Å²) in [4.78, 5) is 25.9. The number of alkyl halides is 3. The van der Waals surface area contributed by atoms with E-state index in [2.05, 4.69) is 17.6 Å². The Bertz CT molecular complexity index is 847. The number of nitrogens with zero attached hydrogens (tertiary/aromatic N) is 2. The van der Waals surface area contributed by atoms with E-state index in [4.69, 9.17) is 0 Å². The van der Waals surface area contributed by atoms with E-state index in [1.807, 2.05) is 11.9 Å². The summed E-state index contributed by atoms with van der Waals surface area (Å²) in [6.45, 7) is 2.84. The third-order valence-electron chi connectivity index (χ3n) is 6.48. The van der Waals surface area contributed by atoms with Crippen molar-refractivity contribution in [1.29, 1.82) is 0 Å². The highest BCUT2D eigenvalue weighted by atomic mass is 19.4. The third kappa shape index (κ3) is 5.40. The molecule has 0 heterocycles. The van der Waals surface area contributed by atoms with Crippen LogP contribution in [-0.2, 0) is 0 Å². The standard InChI is InChI=1S/C21H29F3N4O3/c1-20(8-9-20)12-27(3)17-11-16(25-2)18(28(30)31)10-15(17)19(29)26-14-6-4-13(5-7-14)21(22,23)24/h10-11,13-14,25H,4-9,12H2,1-3H3,(H,26,29). The molecule has 0 aliphatic heterocycles. The fourth-order valence-corrected chi connectivity index (χ4v) is 4.28. The molecule has 0 bridgehead atoms. The number of nitro groups is 1. The zero-order valence-corrected chi connectivity index (χ0v) is 18.0. The van der Waals surface area contributed by atoms with Gasteiger partial charge in [-0.3, -0.25) is 14.9 Å². The molecule has 0 unspecified atom stereocenters. The van der Waals surface area contributed by atoms with Crippen molar-refractivity contribution in [2.45, 2.75) is 57.7 Å². The highest BCUT2D eigenvalue weighted by Crippen LogP contribution is 2.46. The minimum atomic E-state index is -4.21. The summed E-state index contributed by atoms with van der Waals surface area (Å²) in [6, 6.07) is 2.47. The number of nitrogens with one attached hydrogen (secondary N) is 2. The highest BCUT2D eigenvalue weighted by molar-refractivity contribution is 6.02. The molecule has 0 atom stereocenters. The first kappa shape index (κ1) is 23.1. The molecule has 2 aliphatic carbocycles. The minimum Gasteiger partial charge on any atom is -0.383 e. The first-order valence-corrected chi connectivity index (χ1v) is 10.5. The quantitative estimate of drug-likeness (QED) is 0.471. The average molecular weight is 442 g/mol.